The second-order valence-corrected chi connectivity index (χ2v) is 7.92. The molecule has 3 aliphatic rings. The van der Waals surface area contributed by atoms with Gasteiger partial charge >= 0.3 is 0 Å². The third-order valence-electron chi connectivity index (χ3n) is 5.98. The molecule has 21 heavy (non-hydrogen) atoms. The van der Waals surface area contributed by atoms with Gasteiger partial charge < -0.3 is 9.64 Å². The average Bonchev–Trinajstić information content (AvgIpc) is 2.66. The maximum absolute atomic E-state index is 5.98. The minimum absolute atomic E-state index is 0.539. The van der Waals surface area contributed by atoms with Crippen molar-refractivity contribution < 1.29 is 4.74 Å². The third kappa shape index (κ3) is 4.00. The van der Waals surface area contributed by atoms with E-state index in [0.29, 0.717) is 12.2 Å². The number of rotatable bonds is 4. The molecule has 2 bridgehead atoms. The van der Waals surface area contributed by atoms with Gasteiger partial charge in [0.25, 0.3) is 0 Å². The summed E-state index contributed by atoms with van der Waals surface area (Å²) in [6.45, 7) is 12.1. The molecule has 0 N–H and O–H groups in total. The molecule has 122 valence electrons. The van der Waals surface area contributed by atoms with E-state index in [1.165, 1.54) is 64.7 Å². The highest BCUT2D eigenvalue weighted by atomic mass is 16.5. The first kappa shape index (κ1) is 15.8. The topological polar surface area (TPSA) is 15.7 Å². The summed E-state index contributed by atoms with van der Waals surface area (Å²) in [5.74, 6) is 0.934. The molecule has 3 saturated heterocycles. The maximum atomic E-state index is 5.98. The van der Waals surface area contributed by atoms with E-state index in [1.54, 1.807) is 0 Å². The van der Waals surface area contributed by atoms with Crippen molar-refractivity contribution in [2.24, 2.45) is 5.92 Å². The minimum Gasteiger partial charge on any atom is -0.372 e. The largest absolute Gasteiger partial charge is 0.372 e. The number of nitrogens with zero attached hydrogens (tertiary/aromatic N) is 2. The summed E-state index contributed by atoms with van der Waals surface area (Å²) >= 11 is 0. The quantitative estimate of drug-likeness (QED) is 0.792. The van der Waals surface area contributed by atoms with Crippen LogP contribution in [0.4, 0.5) is 0 Å². The van der Waals surface area contributed by atoms with Crippen LogP contribution >= 0.6 is 0 Å². The molecule has 0 saturated carbocycles. The summed E-state index contributed by atoms with van der Waals surface area (Å²) in [5.41, 5.74) is 0. The van der Waals surface area contributed by atoms with Crippen LogP contribution in [0.15, 0.2) is 0 Å². The third-order valence-corrected chi connectivity index (χ3v) is 5.98. The number of fused-ring (bicyclic) bond motifs is 2. The van der Waals surface area contributed by atoms with Gasteiger partial charge in [-0.15, -0.1) is 0 Å². The fourth-order valence-electron chi connectivity index (χ4n) is 4.58. The lowest BCUT2D eigenvalue weighted by atomic mass is 9.92. The SMILES string of the molecule is CC(C)N1CCCC(CC(C)N2CC3CCC(C2)O3)CC1. The zero-order valence-electron chi connectivity index (χ0n) is 14.3. The van der Waals surface area contributed by atoms with Crippen LogP contribution in [0.1, 0.15) is 59.3 Å². The molecule has 3 aliphatic heterocycles. The molecule has 3 fully saturated rings. The van der Waals surface area contributed by atoms with Crippen molar-refractivity contribution >= 4 is 0 Å². The van der Waals surface area contributed by atoms with E-state index in [2.05, 4.69) is 30.6 Å². The Kier molecular flexibility index (Phi) is 5.23. The lowest BCUT2D eigenvalue weighted by Crippen LogP contribution is -2.47. The Morgan fingerprint density at radius 2 is 1.62 bits per heavy atom. The predicted octanol–water partition coefficient (Wildman–Crippen LogP) is 3.14. The van der Waals surface area contributed by atoms with Crippen LogP contribution in [-0.4, -0.2) is 60.3 Å². The molecule has 4 unspecified atom stereocenters. The zero-order chi connectivity index (χ0) is 14.8. The average molecular weight is 294 g/mol. The molecule has 4 atom stereocenters. The molecule has 0 spiro atoms. The van der Waals surface area contributed by atoms with Crippen molar-refractivity contribution in [3.63, 3.8) is 0 Å². The lowest BCUT2D eigenvalue weighted by Gasteiger charge is -2.37. The monoisotopic (exact) mass is 294 g/mol. The predicted molar refractivity (Wildman–Crippen MR) is 87.6 cm³/mol. The fourth-order valence-corrected chi connectivity index (χ4v) is 4.58. The first-order valence-corrected chi connectivity index (χ1v) is 9.25. The molecule has 0 radical (unpaired) electrons. The van der Waals surface area contributed by atoms with Crippen molar-refractivity contribution in [3.8, 4) is 0 Å². The van der Waals surface area contributed by atoms with Crippen LogP contribution in [0.3, 0.4) is 0 Å². The van der Waals surface area contributed by atoms with Crippen molar-refractivity contribution in [1.82, 2.24) is 9.80 Å². The van der Waals surface area contributed by atoms with Crippen LogP contribution in [0.5, 0.6) is 0 Å². The van der Waals surface area contributed by atoms with E-state index >= 15 is 0 Å². The van der Waals surface area contributed by atoms with Crippen LogP contribution in [0, 0.1) is 5.92 Å². The molecule has 0 aliphatic carbocycles. The molecular weight excluding hydrogens is 260 g/mol. The molecule has 0 aromatic rings. The van der Waals surface area contributed by atoms with E-state index in [4.69, 9.17) is 4.74 Å². The zero-order valence-corrected chi connectivity index (χ0v) is 14.3. The summed E-state index contributed by atoms with van der Waals surface area (Å²) in [5, 5.41) is 0. The number of morpholine rings is 1. The van der Waals surface area contributed by atoms with Crippen LogP contribution < -0.4 is 0 Å². The van der Waals surface area contributed by atoms with Gasteiger partial charge in [0.1, 0.15) is 0 Å². The van der Waals surface area contributed by atoms with Crippen LogP contribution in [-0.2, 0) is 4.74 Å². The van der Waals surface area contributed by atoms with E-state index in [1.807, 2.05) is 0 Å². The standard InChI is InChI=1S/C18H34N2O/c1-14(2)19-9-4-5-16(8-10-19)11-15(3)20-12-17-6-7-18(13-20)21-17/h14-18H,4-13H2,1-3H3. The second kappa shape index (κ2) is 6.97. The summed E-state index contributed by atoms with van der Waals surface area (Å²) in [6.07, 6.45) is 9.29. The second-order valence-electron chi connectivity index (χ2n) is 7.92. The molecule has 0 aromatic carbocycles. The van der Waals surface area contributed by atoms with E-state index in [0.717, 1.165) is 18.0 Å². The molecule has 0 amide bonds. The van der Waals surface area contributed by atoms with Crippen LogP contribution in [0.2, 0.25) is 0 Å². The summed E-state index contributed by atoms with van der Waals surface area (Å²) < 4.78 is 5.98. The smallest absolute Gasteiger partial charge is 0.0707 e. The van der Waals surface area contributed by atoms with Gasteiger partial charge in [0.05, 0.1) is 12.2 Å². The lowest BCUT2D eigenvalue weighted by molar-refractivity contribution is -0.0532. The highest BCUT2D eigenvalue weighted by Gasteiger charge is 2.35. The highest BCUT2D eigenvalue weighted by molar-refractivity contribution is 4.88. The molecule has 3 heterocycles. The maximum Gasteiger partial charge on any atom is 0.0707 e. The number of hydrogen-bond donors (Lipinski definition) is 0. The molecular formula is C18H34N2O. The number of likely N-dealkylation sites (tertiary alicyclic amines) is 2. The Bertz CT molecular complexity index is 321. The van der Waals surface area contributed by atoms with Gasteiger partial charge in [-0.05, 0) is 78.3 Å². The fraction of sp³-hybridized carbons (Fsp3) is 1.00. The molecule has 0 aromatic heterocycles. The number of hydrogen-bond acceptors (Lipinski definition) is 3. The Hall–Kier alpha value is -0.120. The first-order valence-electron chi connectivity index (χ1n) is 9.25. The summed E-state index contributed by atoms with van der Waals surface area (Å²) in [7, 11) is 0. The molecule has 3 heteroatoms. The van der Waals surface area contributed by atoms with E-state index in [9.17, 15) is 0 Å². The summed E-state index contributed by atoms with van der Waals surface area (Å²) in [4.78, 5) is 5.39. The van der Waals surface area contributed by atoms with Crippen molar-refractivity contribution in [2.45, 2.75) is 83.6 Å². The van der Waals surface area contributed by atoms with Crippen molar-refractivity contribution in [3.05, 3.63) is 0 Å². The Labute approximate surface area is 131 Å². The van der Waals surface area contributed by atoms with Crippen molar-refractivity contribution in [2.75, 3.05) is 26.2 Å². The van der Waals surface area contributed by atoms with Gasteiger partial charge in [-0.3, -0.25) is 4.90 Å². The van der Waals surface area contributed by atoms with Gasteiger partial charge in [-0.1, -0.05) is 0 Å². The Morgan fingerprint density at radius 3 is 2.29 bits per heavy atom. The van der Waals surface area contributed by atoms with Gasteiger partial charge in [-0.2, -0.15) is 0 Å². The summed E-state index contributed by atoms with van der Waals surface area (Å²) in [6, 6.07) is 1.46. The van der Waals surface area contributed by atoms with Crippen LogP contribution in [0.25, 0.3) is 0 Å². The van der Waals surface area contributed by atoms with Crippen molar-refractivity contribution in [1.29, 1.82) is 0 Å². The first-order chi connectivity index (χ1) is 10.1. The number of ether oxygens (including phenoxy) is 1. The van der Waals surface area contributed by atoms with Gasteiger partial charge in [0, 0.05) is 25.2 Å². The Morgan fingerprint density at radius 1 is 0.905 bits per heavy atom. The van der Waals surface area contributed by atoms with Gasteiger partial charge in [-0.25, -0.2) is 0 Å². The minimum atomic E-state index is 0.539. The highest BCUT2D eigenvalue weighted by Crippen LogP contribution is 2.30. The molecule has 3 nitrogen and oxygen atoms in total. The Balaban J connectivity index is 1.47. The molecule has 3 rings (SSSR count). The van der Waals surface area contributed by atoms with Gasteiger partial charge in [0.15, 0.2) is 0 Å². The van der Waals surface area contributed by atoms with Gasteiger partial charge in [0.2, 0.25) is 0 Å². The van der Waals surface area contributed by atoms with E-state index in [-0.39, 0.29) is 0 Å². The van der Waals surface area contributed by atoms with E-state index < -0.39 is 0 Å². The normalized spacial score (nSPS) is 36.9.